The largest absolute Gasteiger partial charge is 0.376 e. The van der Waals surface area contributed by atoms with E-state index in [2.05, 4.69) is 34.6 Å². The van der Waals surface area contributed by atoms with Gasteiger partial charge in [0.1, 0.15) is 5.60 Å². The van der Waals surface area contributed by atoms with Gasteiger partial charge in [-0.1, -0.05) is 13.8 Å². The second kappa shape index (κ2) is 4.28. The molecule has 2 aliphatic rings. The third-order valence-corrected chi connectivity index (χ3v) is 3.74. The first kappa shape index (κ1) is 12.3. The molecule has 2 heterocycles. The van der Waals surface area contributed by atoms with Crippen LogP contribution in [0.15, 0.2) is 0 Å². The molecule has 0 N–H and O–H groups in total. The fraction of sp³-hybridized carbons (Fsp3) is 1.00. The molecule has 4 atom stereocenters. The fourth-order valence-electron chi connectivity index (χ4n) is 3.18. The highest BCUT2D eigenvalue weighted by molar-refractivity contribution is 5.07. The van der Waals surface area contributed by atoms with Crippen molar-refractivity contribution in [2.24, 2.45) is 11.8 Å². The van der Waals surface area contributed by atoms with Crippen molar-refractivity contribution in [3.05, 3.63) is 0 Å². The zero-order chi connectivity index (χ0) is 11.9. The van der Waals surface area contributed by atoms with Crippen molar-refractivity contribution in [2.45, 2.75) is 58.5 Å². The SMILES string of the molecule is CC(C)OC[C@]12CO[C@@H](C1C(C)C)[C@H](C)O2. The second-order valence-corrected chi connectivity index (χ2v) is 5.79. The van der Waals surface area contributed by atoms with Gasteiger partial charge in [-0.25, -0.2) is 0 Å². The monoisotopic (exact) mass is 228 g/mol. The Balaban J connectivity index is 2.11. The first-order chi connectivity index (χ1) is 7.46. The first-order valence-corrected chi connectivity index (χ1v) is 6.37. The Morgan fingerprint density at radius 1 is 1.31 bits per heavy atom. The fourth-order valence-corrected chi connectivity index (χ4v) is 3.18. The molecule has 0 saturated carbocycles. The summed E-state index contributed by atoms with van der Waals surface area (Å²) in [5.41, 5.74) is -0.192. The minimum atomic E-state index is -0.192. The average molecular weight is 228 g/mol. The molecule has 0 radical (unpaired) electrons. The lowest BCUT2D eigenvalue weighted by Crippen LogP contribution is -2.44. The smallest absolute Gasteiger partial charge is 0.121 e. The zero-order valence-electron chi connectivity index (χ0n) is 11.0. The van der Waals surface area contributed by atoms with E-state index in [9.17, 15) is 0 Å². The summed E-state index contributed by atoms with van der Waals surface area (Å²) < 4.78 is 17.8. The van der Waals surface area contributed by atoms with Crippen LogP contribution in [-0.4, -0.2) is 37.1 Å². The molecule has 0 aromatic heterocycles. The highest BCUT2D eigenvalue weighted by Crippen LogP contribution is 2.48. The van der Waals surface area contributed by atoms with Gasteiger partial charge in [-0.2, -0.15) is 0 Å². The lowest BCUT2D eigenvalue weighted by molar-refractivity contribution is -0.167. The van der Waals surface area contributed by atoms with Crippen LogP contribution < -0.4 is 0 Å². The van der Waals surface area contributed by atoms with E-state index in [-0.39, 0.29) is 23.9 Å². The summed E-state index contributed by atoms with van der Waals surface area (Å²) in [7, 11) is 0. The lowest BCUT2D eigenvalue weighted by Gasteiger charge is -2.32. The summed E-state index contributed by atoms with van der Waals surface area (Å²) in [6.45, 7) is 12.1. The van der Waals surface area contributed by atoms with E-state index >= 15 is 0 Å². The van der Waals surface area contributed by atoms with E-state index in [1.54, 1.807) is 0 Å². The van der Waals surface area contributed by atoms with E-state index in [0.717, 1.165) is 0 Å². The predicted octanol–water partition coefficient (Wildman–Crippen LogP) is 2.24. The van der Waals surface area contributed by atoms with Gasteiger partial charge in [0.2, 0.25) is 0 Å². The molecule has 0 spiro atoms. The van der Waals surface area contributed by atoms with Gasteiger partial charge in [0.05, 0.1) is 31.5 Å². The summed E-state index contributed by atoms with van der Waals surface area (Å²) in [5.74, 6) is 1.05. The van der Waals surface area contributed by atoms with Gasteiger partial charge in [0.15, 0.2) is 0 Å². The normalized spacial score (nSPS) is 42.6. The number of hydrogen-bond donors (Lipinski definition) is 0. The Labute approximate surface area is 98.4 Å². The molecule has 2 rings (SSSR count). The minimum absolute atomic E-state index is 0.192. The van der Waals surface area contributed by atoms with Gasteiger partial charge in [-0.05, 0) is 26.7 Å². The van der Waals surface area contributed by atoms with Crippen molar-refractivity contribution >= 4 is 0 Å². The zero-order valence-corrected chi connectivity index (χ0v) is 11.0. The summed E-state index contributed by atoms with van der Waals surface area (Å²) in [6, 6.07) is 0. The predicted molar refractivity (Wildman–Crippen MR) is 62.4 cm³/mol. The molecule has 1 unspecified atom stereocenters. The molecule has 2 aliphatic heterocycles. The van der Waals surface area contributed by atoms with Crippen LogP contribution in [0, 0.1) is 11.8 Å². The highest BCUT2D eigenvalue weighted by atomic mass is 16.6. The standard InChI is InChI=1S/C13H24O3/c1-8(2)11-12-10(5)16-13(11,7-15-12)6-14-9(3)4/h8-12H,6-7H2,1-5H3/t10-,11?,12+,13-/m0/s1. The van der Waals surface area contributed by atoms with Gasteiger partial charge in [0.25, 0.3) is 0 Å². The topological polar surface area (TPSA) is 27.7 Å². The lowest BCUT2D eigenvalue weighted by atomic mass is 9.80. The molecule has 0 aromatic rings. The first-order valence-electron chi connectivity index (χ1n) is 6.37. The molecule has 16 heavy (non-hydrogen) atoms. The van der Waals surface area contributed by atoms with Gasteiger partial charge in [-0.3, -0.25) is 0 Å². The Bertz CT molecular complexity index is 252. The third-order valence-electron chi connectivity index (χ3n) is 3.74. The van der Waals surface area contributed by atoms with Gasteiger partial charge in [-0.15, -0.1) is 0 Å². The van der Waals surface area contributed by atoms with Crippen LogP contribution >= 0.6 is 0 Å². The molecule has 3 nitrogen and oxygen atoms in total. The Kier molecular flexibility index (Phi) is 3.30. The Morgan fingerprint density at radius 3 is 2.50 bits per heavy atom. The van der Waals surface area contributed by atoms with Crippen molar-refractivity contribution in [1.82, 2.24) is 0 Å². The number of hydrogen-bond acceptors (Lipinski definition) is 3. The number of fused-ring (bicyclic) bond motifs is 2. The quantitative estimate of drug-likeness (QED) is 0.738. The molecule has 94 valence electrons. The van der Waals surface area contributed by atoms with Gasteiger partial charge >= 0.3 is 0 Å². The van der Waals surface area contributed by atoms with Crippen LogP contribution in [0.5, 0.6) is 0 Å². The molecule has 0 aliphatic carbocycles. The number of rotatable bonds is 4. The van der Waals surface area contributed by atoms with Crippen LogP contribution in [-0.2, 0) is 14.2 Å². The van der Waals surface area contributed by atoms with Gasteiger partial charge in [0, 0.05) is 5.92 Å². The van der Waals surface area contributed by atoms with Crippen molar-refractivity contribution in [3.8, 4) is 0 Å². The number of ether oxygens (including phenoxy) is 3. The molecular formula is C13H24O3. The van der Waals surface area contributed by atoms with Crippen molar-refractivity contribution in [1.29, 1.82) is 0 Å². The summed E-state index contributed by atoms with van der Waals surface area (Å²) in [6.07, 6.45) is 0.716. The van der Waals surface area contributed by atoms with E-state index < -0.39 is 0 Å². The maximum absolute atomic E-state index is 6.12. The second-order valence-electron chi connectivity index (χ2n) is 5.79. The third kappa shape index (κ3) is 1.89. The van der Waals surface area contributed by atoms with Crippen LogP contribution in [0.3, 0.4) is 0 Å². The van der Waals surface area contributed by atoms with Crippen molar-refractivity contribution in [3.63, 3.8) is 0 Å². The van der Waals surface area contributed by atoms with E-state index in [0.29, 0.717) is 25.0 Å². The average Bonchev–Trinajstić information content (AvgIpc) is 2.67. The summed E-state index contributed by atoms with van der Waals surface area (Å²) >= 11 is 0. The van der Waals surface area contributed by atoms with E-state index in [1.807, 2.05) is 0 Å². The van der Waals surface area contributed by atoms with Crippen molar-refractivity contribution < 1.29 is 14.2 Å². The van der Waals surface area contributed by atoms with Crippen molar-refractivity contribution in [2.75, 3.05) is 13.2 Å². The Hall–Kier alpha value is -0.120. The molecule has 0 amide bonds. The molecule has 2 fully saturated rings. The molecule has 2 saturated heterocycles. The Morgan fingerprint density at radius 2 is 2.00 bits per heavy atom. The minimum Gasteiger partial charge on any atom is -0.376 e. The summed E-state index contributed by atoms with van der Waals surface area (Å²) in [4.78, 5) is 0. The molecular weight excluding hydrogens is 204 g/mol. The van der Waals surface area contributed by atoms with Crippen LogP contribution in [0.1, 0.15) is 34.6 Å². The highest BCUT2D eigenvalue weighted by Gasteiger charge is 2.60. The van der Waals surface area contributed by atoms with E-state index in [4.69, 9.17) is 14.2 Å². The molecule has 0 aromatic carbocycles. The van der Waals surface area contributed by atoms with Crippen LogP contribution in [0.4, 0.5) is 0 Å². The van der Waals surface area contributed by atoms with Gasteiger partial charge < -0.3 is 14.2 Å². The molecule has 2 bridgehead atoms. The maximum Gasteiger partial charge on any atom is 0.121 e. The molecule has 3 heteroatoms. The van der Waals surface area contributed by atoms with Crippen LogP contribution in [0.2, 0.25) is 0 Å². The maximum atomic E-state index is 6.12. The van der Waals surface area contributed by atoms with Crippen LogP contribution in [0.25, 0.3) is 0 Å². The van der Waals surface area contributed by atoms with E-state index in [1.165, 1.54) is 0 Å². The summed E-state index contributed by atoms with van der Waals surface area (Å²) in [5, 5.41) is 0.